The predicted octanol–water partition coefficient (Wildman–Crippen LogP) is 10.3. The Balaban J connectivity index is 1.99. The van der Waals surface area contributed by atoms with E-state index in [9.17, 15) is 0 Å². The molecule has 0 heterocycles. The monoisotopic (exact) mass is 766 g/mol. The van der Waals surface area contributed by atoms with Crippen LogP contribution in [0.25, 0.3) is 0 Å². The third-order valence-electron chi connectivity index (χ3n) is 7.23. The lowest BCUT2D eigenvalue weighted by molar-refractivity contribution is -0.00857. The molecule has 0 fully saturated rings. The van der Waals surface area contributed by atoms with E-state index in [2.05, 4.69) is 33.9 Å². The molecule has 0 atom stereocenters. The summed E-state index contributed by atoms with van der Waals surface area (Å²) in [6.07, 6.45) is 0. The zero-order valence-corrected chi connectivity index (χ0v) is 32.3. The number of benzene rings is 3. The van der Waals surface area contributed by atoms with Crippen molar-refractivity contribution >= 4 is 54.7 Å². The quantitative estimate of drug-likeness (QED) is 0.0667. The molecule has 3 aromatic carbocycles. The van der Waals surface area contributed by atoms with Gasteiger partial charge in [0.2, 0.25) is 14.1 Å². The van der Waals surface area contributed by atoms with Crippen LogP contribution in [-0.4, -0.2) is 69.7 Å². The first-order valence-electron chi connectivity index (χ1n) is 14.8. The van der Waals surface area contributed by atoms with E-state index < -0.39 is 8.32 Å². The van der Waals surface area contributed by atoms with Gasteiger partial charge in [-0.2, -0.15) is 0 Å². The minimum absolute atomic E-state index is 0.0159. The zero-order chi connectivity index (χ0) is 35.5. The molecule has 3 aromatic rings. The number of rotatable bonds is 19. The summed E-state index contributed by atoms with van der Waals surface area (Å²) < 4.78 is 56.9. The van der Waals surface area contributed by atoms with Gasteiger partial charge >= 0.3 is 0 Å². The molecule has 0 aliphatic rings. The number of hydrogen-bond donors (Lipinski definition) is 0. The summed E-state index contributed by atoms with van der Waals surface area (Å²) in [6.45, 7) is 12.2. The van der Waals surface area contributed by atoms with Gasteiger partial charge in [-0.05, 0) is 18.1 Å². The lowest BCUT2D eigenvalue weighted by Gasteiger charge is -2.36. The van der Waals surface area contributed by atoms with Crippen LogP contribution in [0.2, 0.25) is 38.2 Å². The first-order valence-corrected chi connectivity index (χ1v) is 19.3. The molecule has 0 spiro atoms. The second-order valence-electron chi connectivity index (χ2n) is 11.8. The summed E-state index contributed by atoms with van der Waals surface area (Å²) in [4.78, 5) is 0. The zero-order valence-electron chi connectivity index (χ0n) is 28.3. The molecule has 0 aliphatic heterocycles. The predicted molar refractivity (Wildman–Crippen MR) is 191 cm³/mol. The van der Waals surface area contributed by atoms with E-state index in [1.807, 2.05) is 0 Å². The van der Waals surface area contributed by atoms with Gasteiger partial charge in [0.1, 0.15) is 17.2 Å². The highest BCUT2D eigenvalue weighted by Crippen LogP contribution is 2.51. The highest BCUT2D eigenvalue weighted by molar-refractivity contribution is 6.74. The highest BCUT2D eigenvalue weighted by atomic mass is 35.5. The third-order valence-corrected chi connectivity index (χ3v) is 12.7. The van der Waals surface area contributed by atoms with Gasteiger partial charge < -0.3 is 47.1 Å². The van der Waals surface area contributed by atoms with Gasteiger partial charge in [0, 0.05) is 50.6 Å². The maximum Gasteiger partial charge on any atom is 0.250 e. The molecule has 3 rings (SSSR count). The fourth-order valence-corrected chi connectivity index (χ4v) is 5.79. The van der Waals surface area contributed by atoms with Crippen molar-refractivity contribution in [1.82, 2.24) is 0 Å². The number of methoxy groups -OCH3 is 3. The maximum atomic E-state index is 6.63. The molecule has 0 saturated heterocycles. The average Bonchev–Trinajstić information content (AvgIpc) is 3.00. The number of hydrogen-bond acceptors (Lipinski definition) is 10. The Hall–Kier alpha value is -2.32. The Morgan fingerprint density at radius 1 is 0.562 bits per heavy atom. The summed E-state index contributed by atoms with van der Waals surface area (Å²) in [5, 5.41) is 0.621. The van der Waals surface area contributed by atoms with Crippen LogP contribution < -0.4 is 28.1 Å². The minimum atomic E-state index is -2.33. The van der Waals surface area contributed by atoms with E-state index in [4.69, 9.17) is 93.5 Å². The largest absolute Gasteiger partial charge is 0.543 e. The van der Waals surface area contributed by atoms with Crippen LogP contribution in [0.4, 0.5) is 0 Å². The lowest BCUT2D eigenvalue weighted by atomic mass is 10.2. The molecule has 0 aromatic heterocycles. The van der Waals surface area contributed by atoms with Crippen LogP contribution in [0.1, 0.15) is 20.8 Å². The molecular weight excluding hydrogens is 726 g/mol. The van der Waals surface area contributed by atoms with E-state index in [1.54, 1.807) is 50.6 Å². The van der Waals surface area contributed by atoms with Gasteiger partial charge in [0.15, 0.2) is 36.6 Å². The number of ether oxygens (including phenoxy) is 9. The molecule has 266 valence electrons. The molecule has 0 N–H and O–H groups in total. The third kappa shape index (κ3) is 11.4. The smallest absolute Gasteiger partial charge is 0.250 e. The molecule has 0 saturated carbocycles. The SMILES string of the molecule is COCCOCOc1cc(Cl)c(Oc2cc(O[Si](C)(C)C(C)(C)C)cc(Oc3c(Cl)cc(OCOCCOC)cc3Cl)c2OC)c(Cl)c1. The highest BCUT2D eigenvalue weighted by Gasteiger charge is 2.39. The van der Waals surface area contributed by atoms with Crippen molar-refractivity contribution in [2.75, 3.05) is 61.3 Å². The van der Waals surface area contributed by atoms with E-state index in [-0.39, 0.29) is 67.5 Å². The van der Waals surface area contributed by atoms with Crippen LogP contribution in [0, 0.1) is 0 Å². The molecule has 0 amide bonds. The van der Waals surface area contributed by atoms with E-state index >= 15 is 0 Å². The Labute approximate surface area is 303 Å². The normalized spacial score (nSPS) is 11.8. The Bertz CT molecular complexity index is 1360. The summed E-state index contributed by atoms with van der Waals surface area (Å²) in [6, 6.07) is 9.64. The first-order chi connectivity index (χ1) is 22.7. The van der Waals surface area contributed by atoms with E-state index in [0.29, 0.717) is 43.7 Å². The summed E-state index contributed by atoms with van der Waals surface area (Å²) >= 11 is 26.5. The van der Waals surface area contributed by atoms with Crippen molar-refractivity contribution < 1.29 is 47.1 Å². The van der Waals surface area contributed by atoms with Crippen LogP contribution in [0.5, 0.6) is 46.0 Å². The molecule has 0 radical (unpaired) electrons. The lowest BCUT2D eigenvalue weighted by Crippen LogP contribution is -2.43. The summed E-state index contributed by atoms with van der Waals surface area (Å²) in [5.41, 5.74) is 0. The van der Waals surface area contributed by atoms with Crippen molar-refractivity contribution in [2.45, 2.75) is 38.9 Å². The summed E-state index contributed by atoms with van der Waals surface area (Å²) in [7, 11) is 2.31. The van der Waals surface area contributed by atoms with Crippen LogP contribution in [-0.2, 0) is 18.9 Å². The molecule has 0 unspecified atom stereocenters. The van der Waals surface area contributed by atoms with Crippen LogP contribution in [0.15, 0.2) is 36.4 Å². The van der Waals surface area contributed by atoms with Gasteiger partial charge in [0.25, 0.3) is 0 Å². The van der Waals surface area contributed by atoms with Crippen LogP contribution >= 0.6 is 46.4 Å². The Kier molecular flexibility index (Phi) is 15.5. The maximum absolute atomic E-state index is 6.63. The van der Waals surface area contributed by atoms with Gasteiger partial charge in [-0.3, -0.25) is 0 Å². The first kappa shape index (κ1) is 40.1. The average molecular weight is 769 g/mol. The van der Waals surface area contributed by atoms with Gasteiger partial charge in [-0.15, -0.1) is 0 Å². The van der Waals surface area contributed by atoms with Gasteiger partial charge in [0.05, 0.1) is 53.6 Å². The molecule has 15 heteroatoms. The Morgan fingerprint density at radius 3 is 1.29 bits per heavy atom. The second-order valence-corrected chi connectivity index (χ2v) is 18.1. The molecule has 0 aliphatic carbocycles. The molecule has 10 nitrogen and oxygen atoms in total. The van der Waals surface area contributed by atoms with E-state index in [1.165, 1.54) is 7.11 Å². The number of halogens is 4. The molecule has 48 heavy (non-hydrogen) atoms. The van der Waals surface area contributed by atoms with Crippen molar-refractivity contribution in [3.05, 3.63) is 56.5 Å². The van der Waals surface area contributed by atoms with Crippen molar-refractivity contribution in [3.63, 3.8) is 0 Å². The van der Waals surface area contributed by atoms with Crippen LogP contribution in [0.3, 0.4) is 0 Å². The standard InChI is InChI=1S/C33H42Cl4O10Si/c1-33(2,3)48(7,8)47-23-17-28(45-30-24(34)13-21(14-25(30)35)43-19-41-11-9-38-4)32(40-6)29(18-23)46-31-26(36)15-22(16-27(31)37)44-20-42-12-10-39-5/h13-18H,9-12,19-20H2,1-8H3. The van der Waals surface area contributed by atoms with Crippen molar-refractivity contribution in [1.29, 1.82) is 0 Å². The van der Waals surface area contributed by atoms with Crippen molar-refractivity contribution in [2.24, 2.45) is 0 Å². The molecule has 0 bridgehead atoms. The minimum Gasteiger partial charge on any atom is -0.543 e. The fourth-order valence-electron chi connectivity index (χ4n) is 3.69. The van der Waals surface area contributed by atoms with E-state index in [0.717, 1.165) is 0 Å². The van der Waals surface area contributed by atoms with Gasteiger partial charge in [-0.1, -0.05) is 67.2 Å². The second kappa shape index (κ2) is 18.6. The summed E-state index contributed by atoms with van der Waals surface area (Å²) in [5.74, 6) is 2.19. The Morgan fingerprint density at radius 2 is 0.958 bits per heavy atom. The molecular formula is C33H42Cl4O10Si. The topological polar surface area (TPSA) is 92.3 Å². The van der Waals surface area contributed by atoms with Crippen molar-refractivity contribution in [3.8, 4) is 46.0 Å². The fraction of sp³-hybridized carbons (Fsp3) is 0.455. The van der Waals surface area contributed by atoms with Gasteiger partial charge in [-0.25, -0.2) is 0 Å².